The van der Waals surface area contributed by atoms with Crippen LogP contribution in [-0.4, -0.2) is 61.2 Å². The van der Waals surface area contributed by atoms with Gasteiger partial charge in [0.15, 0.2) is 0 Å². The minimum Gasteiger partial charge on any atom is -0.336 e. The molecule has 1 saturated heterocycles. The predicted octanol–water partition coefficient (Wildman–Crippen LogP) is 0.430. The number of piperazine rings is 1. The Hall–Kier alpha value is -0.820. The Balaban J connectivity index is 2.50. The number of alkyl halides is 3. The maximum absolute atomic E-state index is 12.0. The van der Waals surface area contributed by atoms with E-state index in [4.69, 9.17) is 5.73 Å². The molecule has 0 saturated carbocycles. The van der Waals surface area contributed by atoms with Crippen LogP contribution in [0, 0.1) is 0 Å². The third-order valence-corrected chi connectivity index (χ3v) is 2.90. The largest absolute Gasteiger partial charge is 0.389 e. The van der Waals surface area contributed by atoms with Gasteiger partial charge in [-0.15, -0.1) is 0 Å². The molecule has 2 N–H and O–H groups in total. The number of hydrogen-bond acceptors (Lipinski definition) is 3. The lowest BCUT2D eigenvalue weighted by Gasteiger charge is -2.39. The first-order valence-corrected chi connectivity index (χ1v) is 5.58. The summed E-state index contributed by atoms with van der Waals surface area (Å²) in [6.45, 7) is 2.03. The van der Waals surface area contributed by atoms with E-state index < -0.39 is 24.9 Å². The third-order valence-electron chi connectivity index (χ3n) is 2.90. The van der Waals surface area contributed by atoms with Crippen molar-refractivity contribution in [3.05, 3.63) is 0 Å². The highest BCUT2D eigenvalue weighted by Crippen LogP contribution is 2.22. The highest BCUT2D eigenvalue weighted by Gasteiger charge is 2.32. The summed E-state index contributed by atoms with van der Waals surface area (Å²) in [4.78, 5) is 15.2. The van der Waals surface area contributed by atoms with Gasteiger partial charge >= 0.3 is 6.18 Å². The molecule has 100 valence electrons. The Morgan fingerprint density at radius 2 is 2.06 bits per heavy atom. The molecule has 17 heavy (non-hydrogen) atoms. The van der Waals surface area contributed by atoms with E-state index in [9.17, 15) is 18.0 Å². The molecule has 1 aliphatic rings. The molecule has 1 atom stereocenters. The predicted molar refractivity (Wildman–Crippen MR) is 57.3 cm³/mol. The lowest BCUT2D eigenvalue weighted by Crippen LogP contribution is -2.56. The van der Waals surface area contributed by atoms with E-state index in [1.54, 1.807) is 0 Å². The number of halogens is 3. The Labute approximate surface area is 98.5 Å². The molecule has 1 amide bonds. The molecule has 0 aromatic rings. The summed E-state index contributed by atoms with van der Waals surface area (Å²) < 4.78 is 36.1. The van der Waals surface area contributed by atoms with Gasteiger partial charge in [-0.05, 0) is 7.05 Å². The first-order valence-electron chi connectivity index (χ1n) is 5.58. The second-order valence-electron chi connectivity index (χ2n) is 4.35. The van der Waals surface area contributed by atoms with Crippen molar-refractivity contribution in [1.82, 2.24) is 9.80 Å². The molecule has 1 aliphatic heterocycles. The van der Waals surface area contributed by atoms with E-state index in [0.29, 0.717) is 19.6 Å². The quantitative estimate of drug-likeness (QED) is 0.793. The van der Waals surface area contributed by atoms with E-state index >= 15 is 0 Å². The van der Waals surface area contributed by atoms with Crippen LogP contribution in [0.1, 0.15) is 12.8 Å². The first-order chi connectivity index (χ1) is 7.83. The Kier molecular flexibility index (Phi) is 4.76. The smallest absolute Gasteiger partial charge is 0.336 e. The average molecular weight is 253 g/mol. The first kappa shape index (κ1) is 14.2. The minimum absolute atomic E-state index is 0.172. The maximum Gasteiger partial charge on any atom is 0.389 e. The van der Waals surface area contributed by atoms with Crippen LogP contribution in [0.3, 0.4) is 0 Å². The van der Waals surface area contributed by atoms with E-state index in [1.165, 1.54) is 4.90 Å². The van der Waals surface area contributed by atoms with Gasteiger partial charge in [0.25, 0.3) is 0 Å². The molecular formula is C10H18F3N3O. The van der Waals surface area contributed by atoms with Crippen molar-refractivity contribution in [2.45, 2.75) is 25.1 Å². The topological polar surface area (TPSA) is 49.6 Å². The average Bonchev–Trinajstić information content (AvgIpc) is 2.24. The second-order valence-corrected chi connectivity index (χ2v) is 4.35. The van der Waals surface area contributed by atoms with Crippen LogP contribution < -0.4 is 5.73 Å². The van der Waals surface area contributed by atoms with Gasteiger partial charge in [0.2, 0.25) is 5.91 Å². The summed E-state index contributed by atoms with van der Waals surface area (Å²) in [5.41, 5.74) is 5.53. The van der Waals surface area contributed by atoms with Crippen molar-refractivity contribution in [2.75, 3.05) is 33.2 Å². The monoisotopic (exact) mass is 253 g/mol. The Bertz CT molecular complexity index is 270. The van der Waals surface area contributed by atoms with Crippen molar-refractivity contribution >= 4 is 5.91 Å². The molecule has 7 heteroatoms. The fourth-order valence-corrected chi connectivity index (χ4v) is 1.93. The molecule has 0 aliphatic carbocycles. The zero-order valence-corrected chi connectivity index (χ0v) is 9.83. The summed E-state index contributed by atoms with van der Waals surface area (Å²) >= 11 is 0. The van der Waals surface area contributed by atoms with Gasteiger partial charge in [0.05, 0.1) is 12.5 Å². The molecule has 0 spiro atoms. The summed E-state index contributed by atoms with van der Waals surface area (Å²) in [5.74, 6) is -0.453. The van der Waals surface area contributed by atoms with Crippen molar-refractivity contribution < 1.29 is 18.0 Å². The molecule has 0 aromatic heterocycles. The molecule has 1 rings (SSSR count). The van der Waals surface area contributed by atoms with Crippen LogP contribution in [0.4, 0.5) is 13.2 Å². The summed E-state index contributed by atoms with van der Waals surface area (Å²) in [7, 11) is 1.90. The fourth-order valence-electron chi connectivity index (χ4n) is 1.93. The Morgan fingerprint density at radius 1 is 1.41 bits per heavy atom. The van der Waals surface area contributed by atoms with Gasteiger partial charge in [-0.2, -0.15) is 13.2 Å². The van der Waals surface area contributed by atoms with Crippen molar-refractivity contribution in [3.63, 3.8) is 0 Å². The zero-order valence-electron chi connectivity index (χ0n) is 9.83. The number of carbonyl (C=O) groups is 1. The summed E-state index contributed by atoms with van der Waals surface area (Å²) in [6.07, 6.45) is -5.82. The SMILES string of the molecule is CN1CCN(C(=O)CCC(F)(F)F)[C@@H](CN)C1. The maximum atomic E-state index is 12.0. The van der Waals surface area contributed by atoms with Crippen LogP contribution >= 0.6 is 0 Å². The minimum atomic E-state index is -4.28. The van der Waals surface area contributed by atoms with Crippen LogP contribution in [0.15, 0.2) is 0 Å². The number of amides is 1. The summed E-state index contributed by atoms with van der Waals surface area (Å²) in [5, 5.41) is 0. The molecule has 1 fully saturated rings. The van der Waals surface area contributed by atoms with Crippen LogP contribution in [0.25, 0.3) is 0 Å². The standard InChI is InChI=1S/C10H18F3N3O/c1-15-4-5-16(8(6-14)7-15)9(17)2-3-10(11,12)13/h8H,2-7,14H2,1H3/t8-/m0/s1. The lowest BCUT2D eigenvalue weighted by molar-refractivity contribution is -0.151. The van der Waals surface area contributed by atoms with Gasteiger partial charge in [-0.1, -0.05) is 0 Å². The number of likely N-dealkylation sites (N-methyl/N-ethyl adjacent to an activating group) is 1. The Morgan fingerprint density at radius 3 is 2.59 bits per heavy atom. The van der Waals surface area contributed by atoms with Crippen molar-refractivity contribution in [2.24, 2.45) is 5.73 Å². The van der Waals surface area contributed by atoms with Gasteiger partial charge < -0.3 is 15.5 Å². The van der Waals surface area contributed by atoms with E-state index in [0.717, 1.165) is 0 Å². The van der Waals surface area contributed by atoms with Crippen LogP contribution in [0.5, 0.6) is 0 Å². The van der Waals surface area contributed by atoms with Gasteiger partial charge in [0, 0.05) is 32.6 Å². The van der Waals surface area contributed by atoms with Gasteiger partial charge in [-0.25, -0.2) is 0 Å². The van der Waals surface area contributed by atoms with E-state index in [2.05, 4.69) is 0 Å². The zero-order chi connectivity index (χ0) is 13.1. The lowest BCUT2D eigenvalue weighted by atomic mass is 10.1. The molecule has 4 nitrogen and oxygen atoms in total. The van der Waals surface area contributed by atoms with Crippen molar-refractivity contribution in [3.8, 4) is 0 Å². The second kappa shape index (κ2) is 5.68. The highest BCUT2D eigenvalue weighted by molar-refractivity contribution is 5.76. The molecule has 0 bridgehead atoms. The molecule has 1 heterocycles. The number of hydrogen-bond donors (Lipinski definition) is 1. The molecule has 0 unspecified atom stereocenters. The molecular weight excluding hydrogens is 235 g/mol. The third kappa shape index (κ3) is 4.51. The molecule has 0 radical (unpaired) electrons. The van der Waals surface area contributed by atoms with E-state index in [-0.39, 0.29) is 12.6 Å². The van der Waals surface area contributed by atoms with E-state index in [1.807, 2.05) is 11.9 Å². The number of nitrogens with two attached hydrogens (primary N) is 1. The number of carbonyl (C=O) groups excluding carboxylic acids is 1. The van der Waals surface area contributed by atoms with Gasteiger partial charge in [0.1, 0.15) is 0 Å². The van der Waals surface area contributed by atoms with Crippen LogP contribution in [0.2, 0.25) is 0 Å². The fraction of sp³-hybridized carbons (Fsp3) is 0.900. The highest BCUT2D eigenvalue weighted by atomic mass is 19.4. The molecule has 0 aromatic carbocycles. The normalized spacial score (nSPS) is 22.9. The number of nitrogens with zero attached hydrogens (tertiary/aromatic N) is 2. The number of rotatable bonds is 3. The summed E-state index contributed by atoms with van der Waals surface area (Å²) in [6, 6.07) is -0.172. The van der Waals surface area contributed by atoms with Crippen molar-refractivity contribution in [1.29, 1.82) is 0 Å². The van der Waals surface area contributed by atoms with Gasteiger partial charge in [-0.3, -0.25) is 4.79 Å². The van der Waals surface area contributed by atoms with Crippen LogP contribution in [-0.2, 0) is 4.79 Å².